The van der Waals surface area contributed by atoms with Gasteiger partial charge in [-0.2, -0.15) is 0 Å². The molecule has 2 aromatic heterocycles. The molecule has 0 radical (unpaired) electrons. The van der Waals surface area contributed by atoms with Crippen LogP contribution in [0.15, 0.2) is 67.0 Å². The number of carbonyl (C=O) groups is 2. The number of esters is 1. The van der Waals surface area contributed by atoms with E-state index in [4.69, 9.17) is 16.3 Å². The van der Waals surface area contributed by atoms with E-state index in [2.05, 4.69) is 25.5 Å². The molecule has 1 aliphatic rings. The summed E-state index contributed by atoms with van der Waals surface area (Å²) < 4.78 is 6.41. The van der Waals surface area contributed by atoms with E-state index >= 15 is 0 Å². The number of carbonyl (C=O) groups excluding carboxylic acids is 2. The van der Waals surface area contributed by atoms with Crippen LogP contribution in [0.1, 0.15) is 34.1 Å². The average Bonchev–Trinajstić information content (AvgIpc) is 3.56. The van der Waals surface area contributed by atoms with Gasteiger partial charge in [-0.3, -0.25) is 14.7 Å². The second-order valence-corrected chi connectivity index (χ2v) is 9.50. The summed E-state index contributed by atoms with van der Waals surface area (Å²) in [6, 6.07) is 17.1. The van der Waals surface area contributed by atoms with Crippen LogP contribution in [-0.4, -0.2) is 63.0 Å². The van der Waals surface area contributed by atoms with Crippen LogP contribution in [-0.2, 0) is 22.5 Å². The third kappa shape index (κ3) is 5.63. The molecule has 0 spiro atoms. The van der Waals surface area contributed by atoms with E-state index in [1.54, 1.807) is 17.1 Å². The topological polar surface area (TPSA) is 102 Å². The molecule has 5 rings (SSSR count). The van der Waals surface area contributed by atoms with E-state index < -0.39 is 5.97 Å². The molecule has 0 saturated carbocycles. The number of fused-ring (bicyclic) bond motifs is 1. The summed E-state index contributed by atoms with van der Waals surface area (Å²) in [4.78, 5) is 31.9. The monoisotopic (exact) mass is 518 g/mol. The van der Waals surface area contributed by atoms with Gasteiger partial charge < -0.3 is 10.1 Å². The van der Waals surface area contributed by atoms with Crippen molar-refractivity contribution in [2.24, 2.45) is 0 Å². The number of hydrogen-bond donors (Lipinski definition) is 1. The van der Waals surface area contributed by atoms with E-state index in [9.17, 15) is 9.59 Å². The summed E-state index contributed by atoms with van der Waals surface area (Å²) in [5.41, 5.74) is 3.22. The fourth-order valence-corrected chi connectivity index (χ4v) is 5.04. The molecule has 2 atom stereocenters. The van der Waals surface area contributed by atoms with Crippen molar-refractivity contribution in [1.82, 2.24) is 30.2 Å². The van der Waals surface area contributed by atoms with Crippen LogP contribution in [0.2, 0.25) is 5.02 Å². The lowest BCUT2D eigenvalue weighted by atomic mass is 10.1. The number of aromatic nitrogens is 4. The number of rotatable bonds is 8. The lowest BCUT2D eigenvalue weighted by Gasteiger charge is -2.24. The predicted molar refractivity (Wildman–Crippen MR) is 139 cm³/mol. The number of benzene rings is 2. The van der Waals surface area contributed by atoms with Gasteiger partial charge in [0.25, 0.3) is 0 Å². The summed E-state index contributed by atoms with van der Waals surface area (Å²) in [6.07, 6.45) is 4.60. The van der Waals surface area contributed by atoms with Crippen LogP contribution in [0.4, 0.5) is 0 Å². The molecule has 10 heteroatoms. The number of halogens is 1. The number of likely N-dealkylation sites (tertiary alicyclic amines) is 1. The fourth-order valence-electron chi connectivity index (χ4n) is 4.82. The number of nitrogens with one attached hydrogen (secondary N) is 1. The molecule has 0 aliphatic carbocycles. The van der Waals surface area contributed by atoms with E-state index in [1.807, 2.05) is 54.6 Å². The first kappa shape index (κ1) is 24.9. The minimum Gasteiger partial charge on any atom is -0.464 e. The molecule has 1 fully saturated rings. The van der Waals surface area contributed by atoms with Crippen molar-refractivity contribution in [3.05, 3.63) is 88.8 Å². The number of amides is 1. The highest BCUT2D eigenvalue weighted by Gasteiger charge is 2.38. The Morgan fingerprint density at radius 1 is 1.16 bits per heavy atom. The maximum Gasteiger partial charge on any atom is 0.360 e. The van der Waals surface area contributed by atoms with Crippen LogP contribution in [0.3, 0.4) is 0 Å². The number of ether oxygens (including phenoxy) is 1. The highest BCUT2D eigenvalue weighted by atomic mass is 35.5. The summed E-state index contributed by atoms with van der Waals surface area (Å²) in [7, 11) is 1.31. The molecule has 190 valence electrons. The SMILES string of the molecule is COC(=O)c1cn([C@H]2C[C@@H](C(=O)NCCc3cccc(Cl)c3)N(Cc3ccnc4ccccc34)C2)nn1. The third-order valence-corrected chi connectivity index (χ3v) is 6.91. The smallest absolute Gasteiger partial charge is 0.360 e. The lowest BCUT2D eigenvalue weighted by Crippen LogP contribution is -2.43. The first-order valence-corrected chi connectivity index (χ1v) is 12.5. The number of pyridine rings is 1. The summed E-state index contributed by atoms with van der Waals surface area (Å²) in [5.74, 6) is -0.587. The van der Waals surface area contributed by atoms with Crippen molar-refractivity contribution in [2.45, 2.75) is 31.5 Å². The number of hydrogen-bond acceptors (Lipinski definition) is 7. The Labute approximate surface area is 219 Å². The summed E-state index contributed by atoms with van der Waals surface area (Å²) in [6.45, 7) is 1.65. The first-order chi connectivity index (χ1) is 18.0. The molecule has 9 nitrogen and oxygen atoms in total. The van der Waals surface area contributed by atoms with E-state index in [-0.39, 0.29) is 23.7 Å². The molecule has 1 aliphatic heterocycles. The van der Waals surface area contributed by atoms with Crippen molar-refractivity contribution in [2.75, 3.05) is 20.2 Å². The van der Waals surface area contributed by atoms with Gasteiger partial charge >= 0.3 is 5.97 Å². The largest absolute Gasteiger partial charge is 0.464 e. The Hall–Kier alpha value is -3.82. The van der Waals surface area contributed by atoms with Crippen molar-refractivity contribution < 1.29 is 14.3 Å². The van der Waals surface area contributed by atoms with E-state index in [0.29, 0.717) is 37.5 Å². The molecule has 1 amide bonds. The van der Waals surface area contributed by atoms with Crippen LogP contribution < -0.4 is 5.32 Å². The Morgan fingerprint density at radius 3 is 2.86 bits per heavy atom. The molecular weight excluding hydrogens is 492 g/mol. The van der Waals surface area contributed by atoms with Crippen LogP contribution in [0.5, 0.6) is 0 Å². The molecule has 0 bridgehead atoms. The molecular formula is C27H27ClN6O3. The number of nitrogens with zero attached hydrogens (tertiary/aromatic N) is 5. The zero-order chi connectivity index (χ0) is 25.8. The molecule has 0 unspecified atom stereocenters. The minimum atomic E-state index is -0.542. The van der Waals surface area contributed by atoms with Crippen LogP contribution in [0, 0.1) is 0 Å². The van der Waals surface area contributed by atoms with Crippen molar-refractivity contribution in [1.29, 1.82) is 0 Å². The van der Waals surface area contributed by atoms with Gasteiger partial charge in [0.05, 0.1) is 30.9 Å². The summed E-state index contributed by atoms with van der Waals surface area (Å²) in [5, 5.41) is 12.9. The van der Waals surface area contributed by atoms with Gasteiger partial charge in [0, 0.05) is 36.2 Å². The highest BCUT2D eigenvalue weighted by Crippen LogP contribution is 2.30. The summed E-state index contributed by atoms with van der Waals surface area (Å²) >= 11 is 6.09. The average molecular weight is 519 g/mol. The maximum atomic E-state index is 13.4. The lowest BCUT2D eigenvalue weighted by molar-refractivity contribution is -0.125. The van der Waals surface area contributed by atoms with Crippen molar-refractivity contribution in [3.63, 3.8) is 0 Å². The second-order valence-electron chi connectivity index (χ2n) is 9.07. The third-order valence-electron chi connectivity index (χ3n) is 6.68. The van der Waals surface area contributed by atoms with Crippen LogP contribution >= 0.6 is 11.6 Å². The van der Waals surface area contributed by atoms with Gasteiger partial charge in [-0.1, -0.05) is 47.1 Å². The van der Waals surface area contributed by atoms with E-state index in [1.165, 1.54) is 7.11 Å². The van der Waals surface area contributed by atoms with Gasteiger partial charge in [0.15, 0.2) is 5.69 Å². The predicted octanol–water partition coefficient (Wildman–Crippen LogP) is 3.44. The maximum absolute atomic E-state index is 13.4. The normalized spacial score (nSPS) is 17.7. The number of methoxy groups -OCH3 is 1. The highest BCUT2D eigenvalue weighted by molar-refractivity contribution is 6.30. The standard InChI is InChI=1S/C27H27ClN6O3/c1-37-27(36)24-17-34(32-31-24)21-14-25(26(35)30-11-9-18-5-4-6-20(28)13-18)33(16-21)15-19-10-12-29-23-8-3-2-7-22(19)23/h2-8,10,12-13,17,21,25H,9,11,14-16H2,1H3,(H,30,35)/t21-,25-/m0/s1. The first-order valence-electron chi connectivity index (χ1n) is 12.1. The Bertz CT molecular complexity index is 1420. The zero-order valence-electron chi connectivity index (χ0n) is 20.4. The molecule has 1 N–H and O–H groups in total. The Kier molecular flexibility index (Phi) is 7.43. The quantitative estimate of drug-likeness (QED) is 0.356. The Balaban J connectivity index is 1.34. The van der Waals surface area contributed by atoms with Gasteiger partial charge in [-0.25, -0.2) is 9.48 Å². The van der Waals surface area contributed by atoms with Crippen molar-refractivity contribution >= 4 is 34.4 Å². The zero-order valence-corrected chi connectivity index (χ0v) is 21.1. The molecule has 3 heterocycles. The minimum absolute atomic E-state index is 0.0452. The van der Waals surface area contributed by atoms with Gasteiger partial charge in [-0.05, 0) is 48.2 Å². The number of para-hydroxylation sites is 1. The molecule has 4 aromatic rings. The fraction of sp³-hybridized carbons (Fsp3) is 0.296. The Morgan fingerprint density at radius 2 is 2.03 bits per heavy atom. The van der Waals surface area contributed by atoms with E-state index in [0.717, 1.165) is 22.0 Å². The second kappa shape index (κ2) is 11.1. The van der Waals surface area contributed by atoms with Gasteiger partial charge in [0.1, 0.15) is 0 Å². The van der Waals surface area contributed by atoms with Crippen LogP contribution in [0.25, 0.3) is 10.9 Å². The molecule has 1 saturated heterocycles. The van der Waals surface area contributed by atoms with Crippen molar-refractivity contribution in [3.8, 4) is 0 Å². The molecule has 2 aromatic carbocycles. The molecule has 37 heavy (non-hydrogen) atoms. The van der Waals surface area contributed by atoms with Gasteiger partial charge in [0.2, 0.25) is 5.91 Å². The van der Waals surface area contributed by atoms with Gasteiger partial charge in [-0.15, -0.1) is 5.10 Å².